The van der Waals surface area contributed by atoms with Gasteiger partial charge >= 0.3 is 0 Å². The second-order valence-electron chi connectivity index (χ2n) is 5.28. The summed E-state index contributed by atoms with van der Waals surface area (Å²) >= 11 is 0. The Morgan fingerprint density at radius 1 is 1.43 bits per heavy atom. The van der Waals surface area contributed by atoms with Crippen LogP contribution in [0.1, 0.15) is 35.7 Å². The number of aryl methyl sites for hydroxylation is 1. The molecule has 7 heteroatoms. The Morgan fingerprint density at radius 3 is 2.76 bits per heavy atom. The Balaban J connectivity index is 0.00000220. The molecule has 2 rings (SSSR count). The number of carbonyl (C=O) groups is 1. The number of nitro benzene ring substituents is 1. The fourth-order valence-corrected chi connectivity index (χ4v) is 2.49. The molecule has 0 aromatic heterocycles. The van der Waals surface area contributed by atoms with E-state index < -0.39 is 4.92 Å². The van der Waals surface area contributed by atoms with Crippen molar-refractivity contribution in [2.75, 3.05) is 6.54 Å². The maximum atomic E-state index is 12.2. The fraction of sp³-hybridized carbons (Fsp3) is 0.500. The third-order valence-corrected chi connectivity index (χ3v) is 3.61. The molecule has 116 valence electrons. The van der Waals surface area contributed by atoms with Crippen LogP contribution >= 0.6 is 12.4 Å². The van der Waals surface area contributed by atoms with Gasteiger partial charge in [-0.15, -0.1) is 12.4 Å². The van der Waals surface area contributed by atoms with E-state index in [9.17, 15) is 14.9 Å². The Labute approximate surface area is 129 Å². The molecule has 0 radical (unpaired) electrons. The summed E-state index contributed by atoms with van der Waals surface area (Å²) in [7, 11) is 0. The smallest absolute Gasteiger partial charge is 0.270 e. The minimum atomic E-state index is -0.478. The fourth-order valence-electron chi connectivity index (χ4n) is 2.49. The Hall–Kier alpha value is -1.66. The van der Waals surface area contributed by atoms with E-state index in [2.05, 4.69) is 10.6 Å². The van der Waals surface area contributed by atoms with Crippen molar-refractivity contribution in [3.05, 3.63) is 39.4 Å². The molecule has 1 heterocycles. The molecule has 1 aliphatic rings. The molecule has 2 unspecified atom stereocenters. The number of nitrogens with one attached hydrogen (secondary N) is 2. The molecule has 1 amide bonds. The van der Waals surface area contributed by atoms with Crippen LogP contribution < -0.4 is 10.6 Å². The van der Waals surface area contributed by atoms with E-state index in [1.165, 1.54) is 12.1 Å². The molecule has 2 N–H and O–H groups in total. The second-order valence-corrected chi connectivity index (χ2v) is 5.28. The quantitative estimate of drug-likeness (QED) is 0.662. The maximum Gasteiger partial charge on any atom is 0.270 e. The summed E-state index contributed by atoms with van der Waals surface area (Å²) < 4.78 is 0. The highest BCUT2D eigenvalue weighted by atomic mass is 35.5. The minimum absolute atomic E-state index is 0. The number of nitro groups is 1. The van der Waals surface area contributed by atoms with Gasteiger partial charge in [-0.3, -0.25) is 14.9 Å². The molecular formula is C14H20ClN3O3. The summed E-state index contributed by atoms with van der Waals surface area (Å²) in [4.78, 5) is 22.6. The molecule has 6 nitrogen and oxygen atoms in total. The molecule has 1 fully saturated rings. The van der Waals surface area contributed by atoms with Crippen LogP contribution in [-0.2, 0) is 0 Å². The first-order valence-corrected chi connectivity index (χ1v) is 6.77. The van der Waals surface area contributed by atoms with Gasteiger partial charge in [-0.2, -0.15) is 0 Å². The van der Waals surface area contributed by atoms with Crippen molar-refractivity contribution < 1.29 is 9.72 Å². The third kappa shape index (κ3) is 4.41. The van der Waals surface area contributed by atoms with Gasteiger partial charge in [0.25, 0.3) is 11.6 Å². The molecule has 0 saturated carbocycles. The van der Waals surface area contributed by atoms with Crippen molar-refractivity contribution in [2.45, 2.75) is 38.8 Å². The maximum absolute atomic E-state index is 12.2. The molecule has 0 bridgehead atoms. The van der Waals surface area contributed by atoms with Gasteiger partial charge in [0.2, 0.25) is 0 Å². The largest absolute Gasteiger partial charge is 0.348 e. The van der Waals surface area contributed by atoms with E-state index >= 15 is 0 Å². The Bertz CT molecular complexity index is 536. The molecule has 1 saturated heterocycles. The lowest BCUT2D eigenvalue weighted by atomic mass is 9.99. The summed E-state index contributed by atoms with van der Waals surface area (Å²) in [6.07, 6.45) is 1.94. The van der Waals surface area contributed by atoms with Crippen molar-refractivity contribution in [2.24, 2.45) is 0 Å². The number of halogens is 1. The molecule has 1 aliphatic heterocycles. The minimum Gasteiger partial charge on any atom is -0.348 e. The lowest BCUT2D eigenvalue weighted by molar-refractivity contribution is -0.384. The van der Waals surface area contributed by atoms with Gasteiger partial charge in [0, 0.05) is 29.8 Å². The van der Waals surface area contributed by atoms with E-state index in [1.54, 1.807) is 13.0 Å². The van der Waals surface area contributed by atoms with Crippen LogP contribution in [0.25, 0.3) is 0 Å². The van der Waals surface area contributed by atoms with Gasteiger partial charge in [0.15, 0.2) is 0 Å². The van der Waals surface area contributed by atoms with Crippen LogP contribution in [0.3, 0.4) is 0 Å². The lowest BCUT2D eigenvalue weighted by Gasteiger charge is -2.30. The van der Waals surface area contributed by atoms with Crippen LogP contribution in [0.4, 0.5) is 5.69 Å². The van der Waals surface area contributed by atoms with Crippen LogP contribution in [0.5, 0.6) is 0 Å². The monoisotopic (exact) mass is 313 g/mol. The van der Waals surface area contributed by atoms with Crippen LogP contribution in [0.15, 0.2) is 18.2 Å². The van der Waals surface area contributed by atoms with Crippen LogP contribution in [0.2, 0.25) is 0 Å². The molecular weight excluding hydrogens is 294 g/mol. The molecule has 0 spiro atoms. The Morgan fingerprint density at radius 2 is 2.14 bits per heavy atom. The zero-order valence-electron chi connectivity index (χ0n) is 12.1. The average molecular weight is 314 g/mol. The van der Waals surface area contributed by atoms with E-state index in [0.717, 1.165) is 19.4 Å². The van der Waals surface area contributed by atoms with Crippen LogP contribution in [0, 0.1) is 17.0 Å². The molecule has 0 aliphatic carbocycles. The number of amides is 1. The number of carbonyl (C=O) groups excluding carboxylic acids is 1. The van der Waals surface area contributed by atoms with Crippen molar-refractivity contribution in [1.82, 2.24) is 10.6 Å². The standard InChI is InChI=1S/C14H19N3O3.ClH/c1-9-6-11(8-12(7-9)17(19)20)14(18)16-13-4-3-5-15-10(13)2;/h6-8,10,13,15H,3-5H2,1-2H3,(H,16,18);1H. The highest BCUT2D eigenvalue weighted by molar-refractivity contribution is 5.95. The number of hydrogen-bond donors (Lipinski definition) is 2. The van der Waals surface area contributed by atoms with Gasteiger partial charge in [-0.1, -0.05) is 0 Å². The van der Waals surface area contributed by atoms with Gasteiger partial charge < -0.3 is 10.6 Å². The predicted molar refractivity (Wildman–Crippen MR) is 83.0 cm³/mol. The zero-order valence-corrected chi connectivity index (χ0v) is 12.9. The number of rotatable bonds is 3. The van der Waals surface area contributed by atoms with E-state index in [0.29, 0.717) is 11.1 Å². The SMILES string of the molecule is Cc1cc(C(=O)NC2CCCNC2C)cc([N+](=O)[O-])c1.Cl. The third-order valence-electron chi connectivity index (χ3n) is 3.61. The van der Waals surface area contributed by atoms with Gasteiger partial charge in [0.1, 0.15) is 0 Å². The number of benzene rings is 1. The number of hydrogen-bond acceptors (Lipinski definition) is 4. The lowest BCUT2D eigenvalue weighted by Crippen LogP contribution is -2.51. The number of nitrogens with zero attached hydrogens (tertiary/aromatic N) is 1. The first kappa shape index (κ1) is 17.4. The molecule has 2 atom stereocenters. The zero-order chi connectivity index (χ0) is 14.7. The topological polar surface area (TPSA) is 84.3 Å². The average Bonchev–Trinajstić information content (AvgIpc) is 2.40. The normalized spacial score (nSPS) is 21.2. The highest BCUT2D eigenvalue weighted by Crippen LogP contribution is 2.17. The van der Waals surface area contributed by atoms with Gasteiger partial charge in [0.05, 0.1) is 4.92 Å². The van der Waals surface area contributed by atoms with E-state index in [1.807, 2.05) is 6.92 Å². The summed E-state index contributed by atoms with van der Waals surface area (Å²) in [5, 5.41) is 17.1. The summed E-state index contributed by atoms with van der Waals surface area (Å²) in [6, 6.07) is 4.73. The number of non-ortho nitro benzene ring substituents is 1. The highest BCUT2D eigenvalue weighted by Gasteiger charge is 2.23. The van der Waals surface area contributed by atoms with Crippen molar-refractivity contribution in [1.29, 1.82) is 0 Å². The van der Waals surface area contributed by atoms with Gasteiger partial charge in [-0.05, 0) is 44.9 Å². The second kappa shape index (κ2) is 7.38. The van der Waals surface area contributed by atoms with Gasteiger partial charge in [-0.25, -0.2) is 0 Å². The number of piperidine rings is 1. The molecule has 1 aromatic rings. The predicted octanol–water partition coefficient (Wildman–Crippen LogP) is 2.20. The van der Waals surface area contributed by atoms with E-state index in [4.69, 9.17) is 0 Å². The van der Waals surface area contributed by atoms with Crippen LogP contribution in [-0.4, -0.2) is 29.5 Å². The van der Waals surface area contributed by atoms with Crippen molar-refractivity contribution in [3.8, 4) is 0 Å². The first-order chi connectivity index (χ1) is 9.47. The molecule has 21 heavy (non-hydrogen) atoms. The summed E-state index contributed by atoms with van der Waals surface area (Å²) in [5.74, 6) is -0.252. The molecule has 1 aromatic carbocycles. The van der Waals surface area contributed by atoms with E-state index in [-0.39, 0.29) is 36.1 Å². The summed E-state index contributed by atoms with van der Waals surface area (Å²) in [5.41, 5.74) is 0.999. The van der Waals surface area contributed by atoms with Crippen molar-refractivity contribution in [3.63, 3.8) is 0 Å². The Kier molecular flexibility index (Phi) is 6.11. The first-order valence-electron chi connectivity index (χ1n) is 6.77. The van der Waals surface area contributed by atoms with Crippen molar-refractivity contribution >= 4 is 24.0 Å². The summed E-state index contributed by atoms with van der Waals surface area (Å²) in [6.45, 7) is 4.74.